The highest BCUT2D eigenvalue weighted by Crippen LogP contribution is 2.23. The molecule has 3 rings (SSSR count). The van der Waals surface area contributed by atoms with Gasteiger partial charge < -0.3 is 25.7 Å². The average Bonchev–Trinajstić information content (AvgIpc) is 2.89. The molecule has 7 nitrogen and oxygen atoms in total. The lowest BCUT2D eigenvalue weighted by Crippen LogP contribution is -2.14. The molecule has 0 atom stereocenters. The van der Waals surface area contributed by atoms with E-state index in [9.17, 15) is 13.6 Å². The van der Waals surface area contributed by atoms with E-state index in [0.29, 0.717) is 12.4 Å². The summed E-state index contributed by atoms with van der Waals surface area (Å²) in [5.74, 6) is -2.53. The molecule has 0 amide bonds. The van der Waals surface area contributed by atoms with Crippen LogP contribution in [-0.4, -0.2) is 33.3 Å². The van der Waals surface area contributed by atoms with Crippen LogP contribution in [0.1, 0.15) is 43.0 Å². The molecule has 4 N–H and O–H groups in total. The Morgan fingerprint density at radius 1 is 0.811 bits per heavy atom. The number of anilines is 5. The lowest BCUT2D eigenvalue weighted by molar-refractivity contribution is 0.0496. The molecule has 0 radical (unpaired) electrons. The summed E-state index contributed by atoms with van der Waals surface area (Å²) in [6.45, 7) is 2.84. The molecule has 0 aromatic heterocycles. The molecule has 37 heavy (non-hydrogen) atoms. The first-order valence-electron chi connectivity index (χ1n) is 12.4. The number of benzene rings is 3. The van der Waals surface area contributed by atoms with Gasteiger partial charge in [0.2, 0.25) is 0 Å². The molecular weight excluding hydrogens is 476 g/mol. The van der Waals surface area contributed by atoms with E-state index in [1.807, 2.05) is 55.4 Å². The Bertz CT molecular complexity index is 1120. The summed E-state index contributed by atoms with van der Waals surface area (Å²) < 4.78 is 34.1. The molecule has 0 aliphatic rings. The summed E-state index contributed by atoms with van der Waals surface area (Å²) in [5, 5.41) is 6.55. The normalized spacial score (nSPS) is 10.5. The van der Waals surface area contributed by atoms with Gasteiger partial charge in [-0.05, 0) is 67.1 Å². The maximum absolute atomic E-state index is 14.5. The highest BCUT2D eigenvalue weighted by atomic mass is 19.1. The number of ether oxygens (including phenoxy) is 1. The van der Waals surface area contributed by atoms with Gasteiger partial charge in [0.05, 0.1) is 24.5 Å². The average molecular weight is 512 g/mol. The number of unbranched alkanes of at least 4 members (excludes halogenated alkanes) is 3. The predicted molar refractivity (Wildman–Crippen MR) is 147 cm³/mol. The number of carbonyl (C=O) groups is 1. The molecule has 198 valence electrons. The summed E-state index contributed by atoms with van der Waals surface area (Å²) in [7, 11) is 3.99. The van der Waals surface area contributed by atoms with Crippen molar-refractivity contribution in [2.75, 3.05) is 53.8 Å². The Morgan fingerprint density at radius 2 is 1.38 bits per heavy atom. The number of hydrogen-bond donors (Lipinski definition) is 4. The number of rotatable bonds is 14. The Hall–Kier alpha value is -4.01. The van der Waals surface area contributed by atoms with Gasteiger partial charge in [-0.25, -0.2) is 13.6 Å². The Morgan fingerprint density at radius 3 is 1.95 bits per heavy atom. The molecular formula is C28H35F2N5O2. The fraction of sp³-hybridized carbons (Fsp3) is 0.321. The minimum Gasteiger partial charge on any atom is -0.462 e. The summed E-state index contributed by atoms with van der Waals surface area (Å²) in [4.78, 5) is 14.1. The van der Waals surface area contributed by atoms with E-state index < -0.39 is 17.6 Å². The number of carbonyl (C=O) groups excluding carboxylic acids is 1. The van der Waals surface area contributed by atoms with Crippen LogP contribution in [0.5, 0.6) is 0 Å². The van der Waals surface area contributed by atoms with Crippen molar-refractivity contribution in [2.24, 2.45) is 0 Å². The zero-order chi connectivity index (χ0) is 26.6. The lowest BCUT2D eigenvalue weighted by atomic mass is 10.2. The summed E-state index contributed by atoms with van der Waals surface area (Å²) in [6, 6.07) is 17.2. The van der Waals surface area contributed by atoms with Gasteiger partial charge in [-0.2, -0.15) is 0 Å². The van der Waals surface area contributed by atoms with E-state index in [2.05, 4.69) is 28.4 Å². The third-order valence-corrected chi connectivity index (χ3v) is 5.69. The zero-order valence-electron chi connectivity index (χ0n) is 21.5. The van der Waals surface area contributed by atoms with Gasteiger partial charge in [0.1, 0.15) is 5.69 Å². The minimum absolute atomic E-state index is 0.159. The Balaban J connectivity index is 1.46. The number of halogens is 2. The van der Waals surface area contributed by atoms with Crippen LogP contribution >= 0.6 is 0 Å². The summed E-state index contributed by atoms with van der Waals surface area (Å²) in [5.41, 5.74) is 8.37. The second kappa shape index (κ2) is 13.9. The van der Waals surface area contributed by atoms with Crippen LogP contribution in [0.25, 0.3) is 0 Å². The van der Waals surface area contributed by atoms with Crippen molar-refractivity contribution in [1.29, 1.82) is 0 Å². The zero-order valence-corrected chi connectivity index (χ0v) is 21.5. The fourth-order valence-corrected chi connectivity index (χ4v) is 3.52. The lowest BCUT2D eigenvalue weighted by Gasteiger charge is -2.15. The molecule has 0 fully saturated rings. The van der Waals surface area contributed by atoms with E-state index in [1.54, 1.807) is 12.1 Å². The molecule has 0 aliphatic heterocycles. The summed E-state index contributed by atoms with van der Waals surface area (Å²) in [6.07, 6.45) is 3.79. The second-order valence-corrected chi connectivity index (χ2v) is 8.81. The number of hydrazine groups is 1. The van der Waals surface area contributed by atoms with Gasteiger partial charge in [0.25, 0.3) is 0 Å². The van der Waals surface area contributed by atoms with Gasteiger partial charge in [-0.1, -0.05) is 26.2 Å². The van der Waals surface area contributed by atoms with Gasteiger partial charge in [-0.3, -0.25) is 5.43 Å². The van der Waals surface area contributed by atoms with Crippen LogP contribution in [0.4, 0.5) is 37.2 Å². The van der Waals surface area contributed by atoms with Crippen LogP contribution in [-0.2, 0) is 4.74 Å². The van der Waals surface area contributed by atoms with Gasteiger partial charge in [0.15, 0.2) is 11.6 Å². The standard InChI is InChI=1S/C28H35F2N5O2/c1-4-5-6-7-16-37-28(36)20-17-25(29)27(26(30)18-20)34-33-23-10-8-21(9-11-23)31-19-32-22-12-14-24(15-13-22)35(2)3/h8-15,17-18,31-34H,4-7,16,19H2,1-3H3. The van der Waals surface area contributed by atoms with Crippen molar-refractivity contribution < 1.29 is 18.3 Å². The van der Waals surface area contributed by atoms with Crippen LogP contribution < -0.4 is 26.4 Å². The molecule has 9 heteroatoms. The molecule has 0 spiro atoms. The molecule has 0 bridgehead atoms. The molecule has 0 heterocycles. The number of esters is 1. The molecule has 0 unspecified atom stereocenters. The Labute approximate surface area is 217 Å². The van der Waals surface area contributed by atoms with Gasteiger partial charge >= 0.3 is 5.97 Å². The maximum Gasteiger partial charge on any atom is 0.338 e. The first-order valence-corrected chi connectivity index (χ1v) is 12.4. The number of nitrogens with zero attached hydrogens (tertiary/aromatic N) is 1. The molecule has 0 saturated heterocycles. The van der Waals surface area contributed by atoms with Crippen molar-refractivity contribution >= 4 is 34.4 Å². The van der Waals surface area contributed by atoms with Crippen molar-refractivity contribution in [3.63, 3.8) is 0 Å². The highest BCUT2D eigenvalue weighted by Gasteiger charge is 2.16. The molecule has 3 aromatic carbocycles. The molecule has 0 aliphatic carbocycles. The quantitative estimate of drug-likeness (QED) is 0.0831. The van der Waals surface area contributed by atoms with E-state index >= 15 is 0 Å². The van der Waals surface area contributed by atoms with E-state index in [-0.39, 0.29) is 17.9 Å². The SMILES string of the molecule is CCCCCCOC(=O)c1cc(F)c(NNc2ccc(NCNc3ccc(N(C)C)cc3)cc2)c(F)c1. The van der Waals surface area contributed by atoms with Gasteiger partial charge in [-0.15, -0.1) is 0 Å². The first-order chi connectivity index (χ1) is 17.9. The number of nitrogens with one attached hydrogen (secondary N) is 4. The van der Waals surface area contributed by atoms with Crippen molar-refractivity contribution in [3.8, 4) is 0 Å². The van der Waals surface area contributed by atoms with E-state index in [4.69, 9.17) is 4.74 Å². The minimum atomic E-state index is -0.895. The summed E-state index contributed by atoms with van der Waals surface area (Å²) >= 11 is 0. The van der Waals surface area contributed by atoms with Crippen molar-refractivity contribution in [1.82, 2.24) is 0 Å². The maximum atomic E-state index is 14.5. The fourth-order valence-electron chi connectivity index (χ4n) is 3.52. The highest BCUT2D eigenvalue weighted by molar-refractivity contribution is 5.90. The third-order valence-electron chi connectivity index (χ3n) is 5.69. The molecule has 0 saturated carbocycles. The molecule has 3 aromatic rings. The first kappa shape index (κ1) is 27.6. The van der Waals surface area contributed by atoms with Crippen LogP contribution in [0.2, 0.25) is 0 Å². The van der Waals surface area contributed by atoms with E-state index in [0.717, 1.165) is 54.9 Å². The Kier molecular flexibility index (Phi) is 10.4. The topological polar surface area (TPSA) is 77.7 Å². The van der Waals surface area contributed by atoms with Crippen LogP contribution in [0.3, 0.4) is 0 Å². The number of hydrogen-bond acceptors (Lipinski definition) is 7. The smallest absolute Gasteiger partial charge is 0.338 e. The third kappa shape index (κ3) is 8.56. The second-order valence-electron chi connectivity index (χ2n) is 8.81. The van der Waals surface area contributed by atoms with E-state index in [1.165, 1.54) is 0 Å². The monoisotopic (exact) mass is 511 g/mol. The van der Waals surface area contributed by atoms with Crippen LogP contribution in [0, 0.1) is 11.6 Å². The predicted octanol–water partition coefficient (Wildman–Crippen LogP) is 6.69. The largest absolute Gasteiger partial charge is 0.462 e. The van der Waals surface area contributed by atoms with Gasteiger partial charge in [0, 0.05) is 31.2 Å². The van der Waals surface area contributed by atoms with Crippen molar-refractivity contribution in [3.05, 3.63) is 77.9 Å². The van der Waals surface area contributed by atoms with Crippen molar-refractivity contribution in [2.45, 2.75) is 32.6 Å². The van der Waals surface area contributed by atoms with Crippen LogP contribution in [0.15, 0.2) is 60.7 Å².